The smallest absolute Gasteiger partial charge is 0.310 e. The Labute approximate surface area is 228 Å². The summed E-state index contributed by atoms with van der Waals surface area (Å²) in [5.41, 5.74) is 5.90. The molecule has 0 amide bonds. The molecule has 0 heterocycles. The molecule has 0 bridgehead atoms. The highest BCUT2D eigenvalue weighted by molar-refractivity contribution is 5.91. The van der Waals surface area contributed by atoms with Crippen LogP contribution in [0.3, 0.4) is 0 Å². The Balaban J connectivity index is 2.17. The van der Waals surface area contributed by atoms with Crippen LogP contribution >= 0.6 is 0 Å². The molecule has 0 N–H and O–H groups in total. The van der Waals surface area contributed by atoms with Crippen LogP contribution in [0, 0.1) is 11.3 Å². The molecule has 1 unspecified atom stereocenters. The molecule has 0 fully saturated rings. The number of benzene rings is 1. The van der Waals surface area contributed by atoms with E-state index in [0.29, 0.717) is 11.6 Å². The van der Waals surface area contributed by atoms with Crippen molar-refractivity contribution < 1.29 is 19.0 Å². The predicted octanol–water partition coefficient (Wildman–Crippen LogP) is 9.03. The first-order valence-electron chi connectivity index (χ1n) is 12.9. The number of carbonyl (C=O) groups is 1. The molecule has 0 spiro atoms. The highest BCUT2D eigenvalue weighted by Gasteiger charge is 2.29. The van der Waals surface area contributed by atoms with Gasteiger partial charge in [0, 0.05) is 13.0 Å². The zero-order chi connectivity index (χ0) is 28.3. The van der Waals surface area contributed by atoms with Crippen LogP contribution in [0.4, 0.5) is 5.69 Å². The average molecular weight is 516 g/mol. The molecule has 5 nitrogen and oxygen atoms in total. The average Bonchev–Trinajstić information content (AvgIpc) is 2.81. The number of hydrogen-bond acceptors (Lipinski definition) is 5. The molecule has 0 saturated heterocycles. The second-order valence-corrected chi connectivity index (χ2v) is 10.2. The Hall–Kier alpha value is -3.86. The van der Waals surface area contributed by atoms with Crippen LogP contribution in [0.25, 0.3) is 0 Å². The van der Waals surface area contributed by atoms with E-state index in [2.05, 4.69) is 71.0 Å². The second kappa shape index (κ2) is 14.2. The number of hydrogen-bond donors (Lipinski definition) is 0. The van der Waals surface area contributed by atoms with Crippen LogP contribution in [0.15, 0.2) is 119 Å². The fourth-order valence-electron chi connectivity index (χ4n) is 4.11. The summed E-state index contributed by atoms with van der Waals surface area (Å²) in [4.78, 5) is 15.6. The van der Waals surface area contributed by atoms with Gasteiger partial charge in [-0.25, -0.2) is 4.99 Å². The molecule has 1 aliphatic rings. The molecule has 1 aliphatic carbocycles. The first-order valence-corrected chi connectivity index (χ1v) is 12.9. The van der Waals surface area contributed by atoms with Gasteiger partial charge in [0.25, 0.3) is 11.9 Å². The quantitative estimate of drug-likeness (QED) is 0.103. The number of aliphatic imine (C=N–C) groups is 1. The lowest BCUT2D eigenvalue weighted by Crippen LogP contribution is -2.23. The zero-order valence-corrected chi connectivity index (χ0v) is 23.8. The molecule has 38 heavy (non-hydrogen) atoms. The largest absolute Gasteiger partial charge is 0.407 e. The van der Waals surface area contributed by atoms with Crippen molar-refractivity contribution in [1.29, 1.82) is 0 Å². The first-order chi connectivity index (χ1) is 17.9. The van der Waals surface area contributed by atoms with Gasteiger partial charge in [0.1, 0.15) is 0 Å². The number of ether oxygens (including phenoxy) is 3. The standard InChI is InChI=1S/C33H41NO4/c1-23(18-19-31-26(4)25(3)20-21-33(31,8)9)14-13-15-24(2)22-32(34-30-16-11-10-12-17-30)38-29(7)37-28(6)36-27(5)35/h10-19,22,25H,6-7,20-21H2,1-5,8-9H3. The molecule has 0 radical (unpaired) electrons. The minimum Gasteiger partial charge on any atom is -0.407 e. The third kappa shape index (κ3) is 10.3. The van der Waals surface area contributed by atoms with E-state index in [1.54, 1.807) is 6.08 Å². The molecular weight excluding hydrogens is 474 g/mol. The van der Waals surface area contributed by atoms with E-state index in [4.69, 9.17) is 14.2 Å². The lowest BCUT2D eigenvalue weighted by atomic mass is 9.69. The highest BCUT2D eigenvalue weighted by atomic mass is 16.8. The molecule has 0 aromatic heterocycles. The minimum absolute atomic E-state index is 0.121. The van der Waals surface area contributed by atoms with E-state index in [-0.39, 0.29) is 23.2 Å². The monoisotopic (exact) mass is 515 g/mol. The van der Waals surface area contributed by atoms with Crippen molar-refractivity contribution in [2.24, 2.45) is 16.3 Å². The van der Waals surface area contributed by atoms with Crippen LogP contribution in [-0.2, 0) is 19.0 Å². The van der Waals surface area contributed by atoms with Crippen LogP contribution in [0.1, 0.15) is 61.3 Å². The fraction of sp³-hybridized carbons (Fsp3) is 0.333. The van der Waals surface area contributed by atoms with Crippen LogP contribution in [0.5, 0.6) is 0 Å². The molecule has 1 aromatic rings. The van der Waals surface area contributed by atoms with Gasteiger partial charge in [0.2, 0.25) is 5.90 Å². The number of nitrogens with zero attached hydrogens (tertiary/aromatic N) is 1. The van der Waals surface area contributed by atoms with Crippen LogP contribution in [-0.4, -0.2) is 11.9 Å². The Morgan fingerprint density at radius 1 is 1.00 bits per heavy atom. The van der Waals surface area contributed by atoms with Crippen molar-refractivity contribution in [2.75, 3.05) is 0 Å². The summed E-state index contributed by atoms with van der Waals surface area (Å²) in [5.74, 6) is -0.00776. The minimum atomic E-state index is -0.552. The molecule has 1 aromatic carbocycles. The van der Waals surface area contributed by atoms with E-state index in [9.17, 15) is 4.79 Å². The third-order valence-electron chi connectivity index (χ3n) is 6.38. The summed E-state index contributed by atoms with van der Waals surface area (Å²) in [6, 6.07) is 9.38. The van der Waals surface area contributed by atoms with Crippen molar-refractivity contribution in [3.63, 3.8) is 0 Å². The van der Waals surface area contributed by atoms with Gasteiger partial charge in [-0.3, -0.25) is 4.79 Å². The predicted molar refractivity (Wildman–Crippen MR) is 156 cm³/mol. The third-order valence-corrected chi connectivity index (χ3v) is 6.38. The molecule has 0 saturated carbocycles. The Kier molecular flexibility index (Phi) is 11.3. The topological polar surface area (TPSA) is 57.1 Å². The summed E-state index contributed by atoms with van der Waals surface area (Å²) in [5, 5.41) is 0. The molecule has 1 atom stereocenters. The van der Waals surface area contributed by atoms with E-state index in [1.165, 1.54) is 30.9 Å². The molecular formula is C33H41NO4. The zero-order valence-electron chi connectivity index (χ0n) is 23.8. The summed E-state index contributed by atoms with van der Waals surface area (Å²) in [6.45, 7) is 21.8. The number of allylic oxidation sites excluding steroid dienone is 9. The Bertz CT molecular complexity index is 1210. The van der Waals surface area contributed by atoms with Gasteiger partial charge in [0.15, 0.2) is 0 Å². The first kappa shape index (κ1) is 30.4. The van der Waals surface area contributed by atoms with Crippen molar-refractivity contribution in [3.8, 4) is 0 Å². The lowest BCUT2D eigenvalue weighted by molar-refractivity contribution is -0.142. The van der Waals surface area contributed by atoms with E-state index in [1.807, 2.05) is 49.4 Å². The summed E-state index contributed by atoms with van der Waals surface area (Å²) in [6.07, 6.45) is 14.7. The lowest BCUT2D eigenvalue weighted by Gasteiger charge is -2.36. The van der Waals surface area contributed by atoms with Crippen molar-refractivity contribution in [3.05, 3.63) is 114 Å². The number of carbonyl (C=O) groups excluding carboxylic acids is 1. The van der Waals surface area contributed by atoms with E-state index < -0.39 is 5.97 Å². The maximum atomic E-state index is 11.1. The number of para-hydroxylation sites is 1. The van der Waals surface area contributed by atoms with Gasteiger partial charge in [-0.2, -0.15) is 0 Å². The van der Waals surface area contributed by atoms with E-state index >= 15 is 0 Å². The maximum Gasteiger partial charge on any atom is 0.310 e. The fourth-order valence-corrected chi connectivity index (χ4v) is 4.11. The van der Waals surface area contributed by atoms with Gasteiger partial charge in [0.05, 0.1) is 5.69 Å². The molecule has 5 heteroatoms. The summed E-state index contributed by atoms with van der Waals surface area (Å²) < 4.78 is 15.7. The van der Waals surface area contributed by atoms with Crippen molar-refractivity contribution >= 4 is 17.6 Å². The second-order valence-electron chi connectivity index (χ2n) is 10.2. The summed E-state index contributed by atoms with van der Waals surface area (Å²) in [7, 11) is 0. The van der Waals surface area contributed by atoms with Crippen LogP contribution in [0.2, 0.25) is 0 Å². The Morgan fingerprint density at radius 2 is 1.66 bits per heavy atom. The van der Waals surface area contributed by atoms with Crippen molar-refractivity contribution in [1.82, 2.24) is 0 Å². The summed E-state index contributed by atoms with van der Waals surface area (Å²) >= 11 is 0. The number of rotatable bonds is 10. The van der Waals surface area contributed by atoms with E-state index in [0.717, 1.165) is 11.1 Å². The number of esters is 1. The molecule has 2 rings (SSSR count). The van der Waals surface area contributed by atoms with Gasteiger partial charge in [-0.15, -0.1) is 0 Å². The Morgan fingerprint density at radius 3 is 2.32 bits per heavy atom. The maximum absolute atomic E-state index is 11.1. The van der Waals surface area contributed by atoms with Gasteiger partial charge < -0.3 is 14.2 Å². The van der Waals surface area contributed by atoms with Gasteiger partial charge in [-0.05, 0) is 81.4 Å². The van der Waals surface area contributed by atoms with Gasteiger partial charge in [-0.1, -0.05) is 80.5 Å². The SMILES string of the molecule is C=C(OC(=C)OC(C=C(C)C=CC=C(C)C=CC1=C(C)C(C)CCC1(C)C)=Nc1ccccc1)OC(C)=O. The normalized spacial score (nSPS) is 18.6. The van der Waals surface area contributed by atoms with Crippen molar-refractivity contribution in [2.45, 2.75) is 61.3 Å². The highest BCUT2D eigenvalue weighted by Crippen LogP contribution is 2.43. The van der Waals surface area contributed by atoms with Crippen LogP contribution < -0.4 is 0 Å². The van der Waals surface area contributed by atoms with Gasteiger partial charge >= 0.3 is 5.97 Å². The molecule has 202 valence electrons. The molecule has 0 aliphatic heterocycles.